The van der Waals surface area contributed by atoms with E-state index in [-0.39, 0.29) is 5.69 Å². The topological polar surface area (TPSA) is 95.4 Å². The van der Waals surface area contributed by atoms with Crippen LogP contribution in [0.5, 0.6) is 5.75 Å². The fourth-order valence-electron chi connectivity index (χ4n) is 2.64. The molecule has 3 aromatic rings. The van der Waals surface area contributed by atoms with E-state index in [1.807, 2.05) is 24.3 Å². The van der Waals surface area contributed by atoms with E-state index >= 15 is 0 Å². The molecule has 0 fully saturated rings. The van der Waals surface area contributed by atoms with Crippen molar-refractivity contribution in [1.82, 2.24) is 14.9 Å². The number of nitrogens with zero attached hydrogens (tertiary/aromatic N) is 5. The molecular weight excluding hydrogens is 354 g/mol. The van der Waals surface area contributed by atoms with Gasteiger partial charge in [0.15, 0.2) is 5.82 Å². The molecule has 1 aromatic heterocycles. The summed E-state index contributed by atoms with van der Waals surface area (Å²) in [6.07, 6.45) is 0. The van der Waals surface area contributed by atoms with Crippen LogP contribution in [0.3, 0.4) is 0 Å². The number of non-ortho nitro benzene ring substituents is 1. The number of para-hydroxylation sites is 1. The standard InChI is InChI=1S/C17H13N5O3S/c1-25-15-5-3-2-4-13(15)16-18-19-17-21(16)20-14(10-26-17)11-6-8-12(9-7-11)22(23)24/h2-9H,10H2,1H3. The summed E-state index contributed by atoms with van der Waals surface area (Å²) in [5.74, 6) is 1.89. The third-order valence-electron chi connectivity index (χ3n) is 3.93. The zero-order chi connectivity index (χ0) is 18.1. The van der Waals surface area contributed by atoms with E-state index in [4.69, 9.17) is 4.74 Å². The molecule has 8 nitrogen and oxygen atoms in total. The molecule has 0 atom stereocenters. The van der Waals surface area contributed by atoms with E-state index in [0.29, 0.717) is 22.5 Å². The highest BCUT2D eigenvalue weighted by atomic mass is 32.2. The summed E-state index contributed by atoms with van der Waals surface area (Å²) >= 11 is 1.51. The molecule has 26 heavy (non-hydrogen) atoms. The van der Waals surface area contributed by atoms with Crippen LogP contribution in [0, 0.1) is 10.1 Å². The molecule has 4 rings (SSSR count). The Balaban J connectivity index is 1.76. The first-order valence-electron chi connectivity index (χ1n) is 7.71. The van der Waals surface area contributed by atoms with E-state index in [1.165, 1.54) is 23.9 Å². The molecule has 0 aliphatic carbocycles. The van der Waals surface area contributed by atoms with Gasteiger partial charge in [-0.15, -0.1) is 10.2 Å². The fraction of sp³-hybridized carbons (Fsp3) is 0.118. The zero-order valence-electron chi connectivity index (χ0n) is 13.7. The first-order valence-corrected chi connectivity index (χ1v) is 8.70. The van der Waals surface area contributed by atoms with Crippen LogP contribution in [0.4, 0.5) is 5.69 Å². The van der Waals surface area contributed by atoms with Crippen LogP contribution >= 0.6 is 11.8 Å². The Bertz CT molecular complexity index is 1010. The molecule has 2 heterocycles. The molecule has 1 aliphatic rings. The monoisotopic (exact) mass is 367 g/mol. The maximum atomic E-state index is 10.8. The van der Waals surface area contributed by atoms with Gasteiger partial charge in [-0.05, 0) is 29.8 Å². The second kappa shape index (κ2) is 6.60. The highest BCUT2D eigenvalue weighted by Gasteiger charge is 2.22. The van der Waals surface area contributed by atoms with E-state index in [1.54, 1.807) is 23.9 Å². The second-order valence-electron chi connectivity index (χ2n) is 5.46. The second-order valence-corrected chi connectivity index (χ2v) is 6.40. The van der Waals surface area contributed by atoms with Crippen molar-refractivity contribution in [1.29, 1.82) is 0 Å². The maximum Gasteiger partial charge on any atom is 0.269 e. The Kier molecular flexibility index (Phi) is 4.13. The van der Waals surface area contributed by atoms with Crippen molar-refractivity contribution in [2.24, 2.45) is 5.10 Å². The maximum absolute atomic E-state index is 10.8. The molecule has 0 N–H and O–H groups in total. The molecule has 0 unspecified atom stereocenters. The number of benzene rings is 2. The number of thioether (sulfide) groups is 1. The van der Waals surface area contributed by atoms with Crippen LogP contribution in [-0.2, 0) is 0 Å². The summed E-state index contributed by atoms with van der Waals surface area (Å²) in [5.41, 5.74) is 2.47. The molecule has 130 valence electrons. The summed E-state index contributed by atoms with van der Waals surface area (Å²) in [5, 5.41) is 24.6. The van der Waals surface area contributed by atoms with Crippen molar-refractivity contribution in [3.05, 3.63) is 64.2 Å². The van der Waals surface area contributed by atoms with Crippen LogP contribution < -0.4 is 4.74 Å². The van der Waals surface area contributed by atoms with Gasteiger partial charge in [0.25, 0.3) is 5.69 Å². The summed E-state index contributed by atoms with van der Waals surface area (Å²) in [4.78, 5) is 10.4. The highest BCUT2D eigenvalue weighted by Crippen LogP contribution is 2.33. The van der Waals surface area contributed by atoms with Crippen molar-refractivity contribution in [2.75, 3.05) is 12.9 Å². The summed E-state index contributed by atoms with van der Waals surface area (Å²) in [7, 11) is 1.60. The van der Waals surface area contributed by atoms with Crippen molar-refractivity contribution in [3.63, 3.8) is 0 Å². The van der Waals surface area contributed by atoms with Gasteiger partial charge in [-0.2, -0.15) is 9.78 Å². The summed E-state index contributed by atoms with van der Waals surface area (Å²) < 4.78 is 7.09. The Labute approximate surface area is 152 Å². The zero-order valence-corrected chi connectivity index (χ0v) is 14.5. The fourth-order valence-corrected chi connectivity index (χ4v) is 3.48. The molecular formula is C17H13N5O3S. The molecule has 0 amide bonds. The van der Waals surface area contributed by atoms with Crippen LogP contribution in [0.1, 0.15) is 5.56 Å². The Hall–Kier alpha value is -3.20. The Morgan fingerprint density at radius 3 is 2.65 bits per heavy atom. The van der Waals surface area contributed by atoms with Crippen molar-refractivity contribution in [3.8, 4) is 17.1 Å². The normalized spacial score (nSPS) is 13.0. The lowest BCUT2D eigenvalue weighted by molar-refractivity contribution is -0.384. The first kappa shape index (κ1) is 16.3. The number of ether oxygens (including phenoxy) is 1. The number of hydrogen-bond donors (Lipinski definition) is 0. The molecule has 0 saturated heterocycles. The lowest BCUT2D eigenvalue weighted by Gasteiger charge is -2.14. The minimum atomic E-state index is -0.418. The lowest BCUT2D eigenvalue weighted by Crippen LogP contribution is -2.13. The van der Waals surface area contributed by atoms with Gasteiger partial charge in [0.1, 0.15) is 5.75 Å². The molecule has 9 heteroatoms. The van der Waals surface area contributed by atoms with E-state index in [9.17, 15) is 10.1 Å². The third-order valence-corrected chi connectivity index (χ3v) is 4.86. The number of fused-ring (bicyclic) bond motifs is 1. The number of methoxy groups -OCH3 is 1. The summed E-state index contributed by atoms with van der Waals surface area (Å²) in [6.45, 7) is 0. The first-order chi connectivity index (χ1) is 12.7. The van der Waals surface area contributed by atoms with Gasteiger partial charge in [0.2, 0.25) is 5.16 Å². The van der Waals surface area contributed by atoms with Crippen molar-refractivity contribution in [2.45, 2.75) is 5.16 Å². The molecule has 0 spiro atoms. The van der Waals surface area contributed by atoms with Crippen molar-refractivity contribution < 1.29 is 9.66 Å². The van der Waals surface area contributed by atoms with Gasteiger partial charge in [0.05, 0.1) is 23.3 Å². The number of nitro groups is 1. The van der Waals surface area contributed by atoms with Gasteiger partial charge in [-0.1, -0.05) is 23.9 Å². The number of aromatic nitrogens is 3. The average Bonchev–Trinajstić information content (AvgIpc) is 3.11. The smallest absolute Gasteiger partial charge is 0.269 e. The molecule has 0 radical (unpaired) electrons. The minimum Gasteiger partial charge on any atom is -0.496 e. The average molecular weight is 367 g/mol. The molecule has 1 aliphatic heterocycles. The predicted octanol–water partition coefficient (Wildman–Crippen LogP) is 3.22. The van der Waals surface area contributed by atoms with E-state index in [0.717, 1.165) is 16.8 Å². The molecule has 0 bridgehead atoms. The van der Waals surface area contributed by atoms with Crippen LogP contribution in [-0.4, -0.2) is 38.4 Å². The van der Waals surface area contributed by atoms with Gasteiger partial charge in [-0.25, -0.2) is 0 Å². The quantitative estimate of drug-likeness (QED) is 0.519. The van der Waals surface area contributed by atoms with Gasteiger partial charge < -0.3 is 4.74 Å². The lowest BCUT2D eigenvalue weighted by atomic mass is 10.1. The minimum absolute atomic E-state index is 0.0532. The van der Waals surface area contributed by atoms with Gasteiger partial charge >= 0.3 is 0 Å². The van der Waals surface area contributed by atoms with E-state index < -0.39 is 4.92 Å². The number of nitro benzene ring substituents is 1. The molecule has 2 aromatic carbocycles. The van der Waals surface area contributed by atoms with Gasteiger partial charge in [0, 0.05) is 17.9 Å². The SMILES string of the molecule is COc1ccccc1-c1nnc2n1N=C(c1ccc([N+](=O)[O-])cc1)CS2. The van der Waals surface area contributed by atoms with Crippen LogP contribution in [0.15, 0.2) is 58.8 Å². The predicted molar refractivity (Wildman–Crippen MR) is 97.8 cm³/mol. The van der Waals surface area contributed by atoms with Gasteiger partial charge in [-0.3, -0.25) is 10.1 Å². The number of hydrogen-bond acceptors (Lipinski definition) is 7. The Morgan fingerprint density at radius 1 is 1.15 bits per heavy atom. The van der Waals surface area contributed by atoms with E-state index in [2.05, 4.69) is 15.3 Å². The summed E-state index contributed by atoms with van der Waals surface area (Å²) in [6, 6.07) is 13.9. The number of rotatable bonds is 4. The van der Waals surface area contributed by atoms with Crippen LogP contribution in [0.25, 0.3) is 11.4 Å². The van der Waals surface area contributed by atoms with Crippen LogP contribution in [0.2, 0.25) is 0 Å². The largest absolute Gasteiger partial charge is 0.496 e. The third kappa shape index (κ3) is 2.82. The Morgan fingerprint density at radius 2 is 1.92 bits per heavy atom. The highest BCUT2D eigenvalue weighted by molar-refractivity contribution is 7.99. The molecule has 0 saturated carbocycles. The van der Waals surface area contributed by atoms with Crippen molar-refractivity contribution >= 4 is 23.2 Å².